The van der Waals surface area contributed by atoms with Gasteiger partial charge in [0.2, 0.25) is 8.32 Å². The molecule has 0 fully saturated rings. The molecule has 0 rings (SSSR count). The molecule has 0 heterocycles. The minimum atomic E-state index is -1.91. The van der Waals surface area contributed by atoms with Crippen LogP contribution in [-0.4, -0.2) is 36.6 Å². The van der Waals surface area contributed by atoms with Gasteiger partial charge in [0.15, 0.2) is 9.04 Å². The molecule has 0 bridgehead atoms. The Morgan fingerprint density at radius 1 is 0.900 bits per heavy atom. The standard InChI is InChI=1S/C15H38O2Si3/c1-11-14(4,16-19(7)8)20(9,10)17-15(12-2,13-3)18(5)6/h18-19H,11-13H2,1-10H3/t14-/m1/s1. The summed E-state index contributed by atoms with van der Waals surface area (Å²) in [6.07, 6.45) is 3.34. The van der Waals surface area contributed by atoms with E-state index < -0.39 is 26.2 Å². The summed E-state index contributed by atoms with van der Waals surface area (Å²) in [5.41, 5.74) is 0. The van der Waals surface area contributed by atoms with Gasteiger partial charge in [0.1, 0.15) is 0 Å². The molecule has 0 radical (unpaired) electrons. The Labute approximate surface area is 132 Å². The van der Waals surface area contributed by atoms with E-state index in [1.165, 1.54) is 0 Å². The Morgan fingerprint density at radius 3 is 1.60 bits per heavy atom. The second kappa shape index (κ2) is 7.72. The summed E-state index contributed by atoms with van der Waals surface area (Å²) in [5.74, 6) is 0. The molecule has 1 atom stereocenters. The van der Waals surface area contributed by atoms with E-state index in [0.29, 0.717) is 0 Å². The molecule has 0 aliphatic heterocycles. The SMILES string of the molecule is CCC(CC)(O[Si](C)(C)[C@](C)(CC)O[SiH](C)C)[SiH](C)C. The third-order valence-electron chi connectivity index (χ3n) is 5.15. The second-order valence-corrected chi connectivity index (χ2v) is 17.3. The summed E-state index contributed by atoms with van der Waals surface area (Å²) in [5, 5.41) is 0.0975. The first-order chi connectivity index (χ1) is 9.00. The highest BCUT2D eigenvalue weighted by atomic mass is 28.4. The van der Waals surface area contributed by atoms with Crippen molar-refractivity contribution in [3.63, 3.8) is 0 Å². The first-order valence-corrected chi connectivity index (χ1v) is 17.0. The predicted octanol–water partition coefficient (Wildman–Crippen LogP) is 4.50. The number of rotatable bonds is 9. The van der Waals surface area contributed by atoms with Crippen LogP contribution in [0.3, 0.4) is 0 Å². The van der Waals surface area contributed by atoms with Crippen molar-refractivity contribution in [3.05, 3.63) is 0 Å². The maximum absolute atomic E-state index is 6.94. The topological polar surface area (TPSA) is 18.5 Å². The zero-order valence-electron chi connectivity index (χ0n) is 15.6. The normalized spacial score (nSPS) is 16.8. The third kappa shape index (κ3) is 4.53. The molecule has 0 saturated heterocycles. The average molecular weight is 335 g/mol. The molecule has 0 unspecified atom stereocenters. The van der Waals surface area contributed by atoms with Gasteiger partial charge in [-0.05, 0) is 52.4 Å². The fourth-order valence-electron chi connectivity index (χ4n) is 3.12. The average Bonchev–Trinajstić information content (AvgIpc) is 2.34. The van der Waals surface area contributed by atoms with Crippen molar-refractivity contribution >= 4 is 26.2 Å². The van der Waals surface area contributed by atoms with Crippen LogP contribution in [0, 0.1) is 0 Å². The van der Waals surface area contributed by atoms with Crippen molar-refractivity contribution in [2.75, 3.05) is 0 Å². The smallest absolute Gasteiger partial charge is 0.216 e. The van der Waals surface area contributed by atoms with Crippen molar-refractivity contribution in [2.45, 2.75) is 96.7 Å². The summed E-state index contributed by atoms with van der Waals surface area (Å²) < 4.78 is 13.4. The molecule has 0 N–H and O–H groups in total. The minimum Gasteiger partial charge on any atom is -0.415 e. The van der Waals surface area contributed by atoms with Crippen LogP contribution in [-0.2, 0) is 8.85 Å². The molecule has 0 aliphatic carbocycles. The maximum Gasteiger partial charge on any atom is 0.216 e. The van der Waals surface area contributed by atoms with Gasteiger partial charge < -0.3 is 8.85 Å². The van der Waals surface area contributed by atoms with E-state index >= 15 is 0 Å². The highest BCUT2D eigenvalue weighted by Crippen LogP contribution is 2.36. The molecule has 5 heteroatoms. The van der Waals surface area contributed by atoms with E-state index in [4.69, 9.17) is 8.85 Å². The summed E-state index contributed by atoms with van der Waals surface area (Å²) in [6, 6.07) is 0. The molecule has 0 aliphatic rings. The zero-order chi connectivity index (χ0) is 16.2. The van der Waals surface area contributed by atoms with Gasteiger partial charge in [-0.1, -0.05) is 33.9 Å². The van der Waals surface area contributed by atoms with Gasteiger partial charge in [-0.2, -0.15) is 0 Å². The lowest BCUT2D eigenvalue weighted by Gasteiger charge is -2.50. The predicted molar refractivity (Wildman–Crippen MR) is 99.4 cm³/mol. The first kappa shape index (κ1) is 20.6. The molecule has 0 aromatic rings. The van der Waals surface area contributed by atoms with Crippen molar-refractivity contribution < 1.29 is 8.85 Å². The van der Waals surface area contributed by atoms with Gasteiger partial charge in [0.25, 0.3) is 0 Å². The van der Waals surface area contributed by atoms with E-state index in [2.05, 4.69) is 67.0 Å². The van der Waals surface area contributed by atoms with Gasteiger partial charge in [-0.15, -0.1) is 0 Å². The molecule has 0 aromatic heterocycles. The monoisotopic (exact) mass is 334 g/mol. The van der Waals surface area contributed by atoms with Crippen molar-refractivity contribution in [2.24, 2.45) is 0 Å². The highest BCUT2D eigenvalue weighted by Gasteiger charge is 2.49. The van der Waals surface area contributed by atoms with E-state index in [1.54, 1.807) is 0 Å². The molecule has 0 amide bonds. The van der Waals surface area contributed by atoms with Gasteiger partial charge in [0, 0.05) is 5.22 Å². The van der Waals surface area contributed by atoms with E-state index in [0.717, 1.165) is 19.3 Å². The minimum absolute atomic E-state index is 0.0493. The fourth-order valence-corrected chi connectivity index (χ4v) is 12.0. The van der Waals surface area contributed by atoms with Gasteiger partial charge >= 0.3 is 0 Å². The molecular weight excluding hydrogens is 296 g/mol. The van der Waals surface area contributed by atoms with E-state index in [-0.39, 0.29) is 10.4 Å². The molecule has 0 spiro atoms. The van der Waals surface area contributed by atoms with Gasteiger partial charge in [-0.3, -0.25) is 0 Å². The lowest BCUT2D eigenvalue weighted by Crippen LogP contribution is -2.63. The molecule has 20 heavy (non-hydrogen) atoms. The third-order valence-corrected chi connectivity index (χ3v) is 13.6. The Kier molecular flexibility index (Phi) is 7.94. The van der Waals surface area contributed by atoms with Crippen LogP contribution in [0.4, 0.5) is 0 Å². The van der Waals surface area contributed by atoms with Crippen LogP contribution >= 0.6 is 0 Å². The largest absolute Gasteiger partial charge is 0.415 e. The van der Waals surface area contributed by atoms with Gasteiger partial charge in [-0.25, -0.2) is 0 Å². The summed E-state index contributed by atoms with van der Waals surface area (Å²) in [6.45, 7) is 23.3. The highest BCUT2D eigenvalue weighted by molar-refractivity contribution is 6.76. The maximum atomic E-state index is 6.94. The van der Waals surface area contributed by atoms with Crippen molar-refractivity contribution in [1.82, 2.24) is 0 Å². The zero-order valence-corrected chi connectivity index (χ0v) is 18.9. The first-order valence-electron chi connectivity index (χ1n) is 8.38. The van der Waals surface area contributed by atoms with Crippen LogP contribution < -0.4 is 0 Å². The lowest BCUT2D eigenvalue weighted by atomic mass is 10.2. The number of hydrogen-bond donors (Lipinski definition) is 0. The van der Waals surface area contributed by atoms with Crippen LogP contribution in [0.25, 0.3) is 0 Å². The van der Waals surface area contributed by atoms with Crippen LogP contribution in [0.1, 0.15) is 47.0 Å². The molecule has 122 valence electrons. The Balaban J connectivity index is 5.38. The van der Waals surface area contributed by atoms with Crippen molar-refractivity contribution in [1.29, 1.82) is 0 Å². The van der Waals surface area contributed by atoms with Crippen LogP contribution in [0.15, 0.2) is 0 Å². The second-order valence-electron chi connectivity index (χ2n) is 7.29. The summed E-state index contributed by atoms with van der Waals surface area (Å²) in [4.78, 5) is 0. The molecule has 2 nitrogen and oxygen atoms in total. The van der Waals surface area contributed by atoms with Gasteiger partial charge in [0.05, 0.1) is 14.0 Å². The van der Waals surface area contributed by atoms with Crippen LogP contribution in [0.2, 0.25) is 39.3 Å². The van der Waals surface area contributed by atoms with E-state index in [1.807, 2.05) is 0 Å². The molecular formula is C15H38O2Si3. The Morgan fingerprint density at radius 2 is 1.35 bits per heavy atom. The summed E-state index contributed by atoms with van der Waals surface area (Å²) >= 11 is 0. The van der Waals surface area contributed by atoms with Crippen molar-refractivity contribution in [3.8, 4) is 0 Å². The Hall–Kier alpha value is 0.571. The van der Waals surface area contributed by atoms with E-state index in [9.17, 15) is 0 Å². The Bertz CT molecular complexity index is 289. The molecule has 0 saturated carbocycles. The molecule has 0 aromatic carbocycles. The lowest BCUT2D eigenvalue weighted by molar-refractivity contribution is 0.0716. The van der Waals surface area contributed by atoms with Crippen LogP contribution in [0.5, 0.6) is 0 Å². The fraction of sp³-hybridized carbons (Fsp3) is 1.00. The quantitative estimate of drug-likeness (QED) is 0.578. The number of hydrogen-bond acceptors (Lipinski definition) is 2. The summed E-state index contributed by atoms with van der Waals surface area (Å²) in [7, 11) is -3.84.